The maximum absolute atomic E-state index is 12.8. The minimum Gasteiger partial charge on any atom is -0.462 e. The topological polar surface area (TPSA) is 26.3 Å². The molecule has 9 atom stereocenters. The first-order chi connectivity index (χ1) is 24.6. The molecule has 0 N–H and O–H groups in total. The molecule has 0 spiro atoms. The number of carbonyl (C=O) groups is 1. The molecule has 4 aliphatic rings. The predicted octanol–water partition coefficient (Wildman–Crippen LogP) is 14.5. The molecule has 0 radical (unpaired) electrons. The number of unbranched alkanes of at least 4 members (excludes halogenated alkanes) is 4. The predicted molar refractivity (Wildman–Crippen MR) is 220 cm³/mol. The van der Waals surface area contributed by atoms with Crippen LogP contribution in [0.1, 0.15) is 170 Å². The van der Waals surface area contributed by atoms with Crippen LogP contribution >= 0.6 is 0 Å². The Labute approximate surface area is 315 Å². The van der Waals surface area contributed by atoms with Crippen molar-refractivity contribution in [2.75, 3.05) is 0 Å². The zero-order chi connectivity index (χ0) is 36.7. The van der Waals surface area contributed by atoms with Crippen LogP contribution in [-0.2, 0) is 9.53 Å². The number of hydrogen-bond acceptors (Lipinski definition) is 2. The largest absolute Gasteiger partial charge is 0.462 e. The van der Waals surface area contributed by atoms with Crippen molar-refractivity contribution >= 4 is 5.97 Å². The van der Waals surface area contributed by atoms with Crippen LogP contribution in [0.25, 0.3) is 0 Å². The second kappa shape index (κ2) is 21.0. The lowest BCUT2D eigenvalue weighted by Gasteiger charge is -2.58. The van der Waals surface area contributed by atoms with Crippen molar-refractivity contribution in [2.24, 2.45) is 52.3 Å². The average molecular weight is 699 g/mol. The Hall–Kier alpha value is -2.09. The lowest BCUT2D eigenvalue weighted by molar-refractivity contribution is -0.151. The molecule has 1 unspecified atom stereocenters. The molecule has 4 rings (SSSR count). The number of hydrogen-bond donors (Lipinski definition) is 0. The fraction of sp³-hybridized carbons (Fsp3) is 0.735. The van der Waals surface area contributed by atoms with Gasteiger partial charge < -0.3 is 4.74 Å². The first-order valence-electron chi connectivity index (χ1n) is 21.8. The molecule has 0 bridgehead atoms. The zero-order valence-electron chi connectivity index (χ0n) is 34.2. The van der Waals surface area contributed by atoms with Crippen molar-refractivity contribution in [3.8, 4) is 0 Å². The van der Waals surface area contributed by atoms with Gasteiger partial charge in [0.1, 0.15) is 6.10 Å². The van der Waals surface area contributed by atoms with E-state index in [1.165, 1.54) is 70.6 Å². The van der Waals surface area contributed by atoms with E-state index in [0.717, 1.165) is 74.5 Å². The van der Waals surface area contributed by atoms with Crippen LogP contribution < -0.4 is 0 Å². The molecule has 0 aromatic carbocycles. The van der Waals surface area contributed by atoms with Gasteiger partial charge in [0.25, 0.3) is 0 Å². The standard InChI is InChI=1S/C49H78O2/c1-8-10-11-12-13-14-15-16-17-18-19-20-21-22-23-24-25-26-47(50)51-42-33-35-48(6)41(37-42)29-30-43-45-32-31-44(49(45,7)36-34-46(43)48)39(5)27-28-40(9-2)38(3)4/h13-14,16-17,19-20,22-23,27-29,38-40,42-46H,8-12,15,18,21,24-26,30-37H2,1-7H3/t39-,40-,42?,43+,44-,45+,46+,48+,49-/m1/s1. The van der Waals surface area contributed by atoms with Gasteiger partial charge in [0, 0.05) is 12.8 Å². The third kappa shape index (κ3) is 11.5. The van der Waals surface area contributed by atoms with Gasteiger partial charge in [0.15, 0.2) is 0 Å². The third-order valence-electron chi connectivity index (χ3n) is 14.3. The van der Waals surface area contributed by atoms with Gasteiger partial charge in [0.05, 0.1) is 0 Å². The number of rotatable bonds is 20. The molecule has 2 nitrogen and oxygen atoms in total. The summed E-state index contributed by atoms with van der Waals surface area (Å²) in [7, 11) is 0. The molecule has 0 amide bonds. The molecular formula is C49H78O2. The van der Waals surface area contributed by atoms with Crippen molar-refractivity contribution in [1.82, 2.24) is 0 Å². The number of esters is 1. The van der Waals surface area contributed by atoms with E-state index in [0.29, 0.717) is 29.1 Å². The monoisotopic (exact) mass is 699 g/mol. The summed E-state index contributed by atoms with van der Waals surface area (Å²) in [6.07, 6.45) is 47.6. The average Bonchev–Trinajstić information content (AvgIpc) is 3.47. The molecule has 2 heteroatoms. The molecular weight excluding hydrogens is 621 g/mol. The van der Waals surface area contributed by atoms with Gasteiger partial charge in [-0.05, 0) is 149 Å². The highest BCUT2D eigenvalue weighted by Crippen LogP contribution is 2.67. The fourth-order valence-corrected chi connectivity index (χ4v) is 11.1. The van der Waals surface area contributed by atoms with E-state index in [1.54, 1.807) is 5.57 Å². The normalized spacial score (nSPS) is 32.2. The lowest BCUT2D eigenvalue weighted by atomic mass is 9.47. The quantitative estimate of drug-likeness (QED) is 0.0719. The van der Waals surface area contributed by atoms with Gasteiger partial charge >= 0.3 is 5.97 Å². The minimum atomic E-state index is 0.000952. The summed E-state index contributed by atoms with van der Waals surface area (Å²) in [5.41, 5.74) is 2.39. The van der Waals surface area contributed by atoms with Crippen LogP contribution in [-0.4, -0.2) is 12.1 Å². The lowest BCUT2D eigenvalue weighted by Crippen LogP contribution is -2.51. The van der Waals surface area contributed by atoms with Crippen LogP contribution in [0.2, 0.25) is 0 Å². The molecule has 0 heterocycles. The van der Waals surface area contributed by atoms with Crippen LogP contribution in [0.3, 0.4) is 0 Å². The number of carbonyl (C=O) groups excluding carboxylic acids is 1. The number of ether oxygens (including phenoxy) is 1. The molecule has 3 fully saturated rings. The van der Waals surface area contributed by atoms with Crippen LogP contribution in [0, 0.1) is 52.3 Å². The van der Waals surface area contributed by atoms with Gasteiger partial charge in [-0.15, -0.1) is 0 Å². The minimum absolute atomic E-state index is 0.000952. The van der Waals surface area contributed by atoms with Crippen molar-refractivity contribution in [3.05, 3.63) is 72.4 Å². The summed E-state index contributed by atoms with van der Waals surface area (Å²) in [5.74, 6) is 5.42. The number of allylic oxidation sites excluding steroid dienone is 11. The summed E-state index contributed by atoms with van der Waals surface area (Å²) < 4.78 is 6.11. The van der Waals surface area contributed by atoms with E-state index in [-0.39, 0.29) is 12.1 Å². The summed E-state index contributed by atoms with van der Waals surface area (Å²) in [6, 6.07) is 0. The van der Waals surface area contributed by atoms with E-state index < -0.39 is 0 Å². The fourth-order valence-electron chi connectivity index (χ4n) is 11.1. The first kappa shape index (κ1) is 41.7. The first-order valence-corrected chi connectivity index (χ1v) is 21.8. The third-order valence-corrected chi connectivity index (χ3v) is 14.3. The van der Waals surface area contributed by atoms with E-state index in [9.17, 15) is 4.79 Å². The summed E-state index contributed by atoms with van der Waals surface area (Å²) >= 11 is 0. The molecule has 0 aromatic heterocycles. The van der Waals surface area contributed by atoms with Crippen molar-refractivity contribution in [1.29, 1.82) is 0 Å². The highest BCUT2D eigenvalue weighted by atomic mass is 16.5. The Morgan fingerprint density at radius 2 is 1.47 bits per heavy atom. The molecule has 51 heavy (non-hydrogen) atoms. The van der Waals surface area contributed by atoms with E-state index in [2.05, 4.69) is 115 Å². The van der Waals surface area contributed by atoms with E-state index >= 15 is 0 Å². The highest BCUT2D eigenvalue weighted by Gasteiger charge is 2.59. The second-order valence-corrected chi connectivity index (χ2v) is 17.9. The molecule has 0 aromatic rings. The van der Waals surface area contributed by atoms with Crippen LogP contribution in [0.15, 0.2) is 72.4 Å². The summed E-state index contributed by atoms with van der Waals surface area (Å²) in [5, 5.41) is 0. The molecule has 286 valence electrons. The Bertz CT molecular complexity index is 1230. The molecule has 3 saturated carbocycles. The van der Waals surface area contributed by atoms with E-state index in [1.807, 2.05) is 0 Å². The maximum Gasteiger partial charge on any atom is 0.306 e. The van der Waals surface area contributed by atoms with Crippen molar-refractivity contribution in [2.45, 2.75) is 177 Å². The Morgan fingerprint density at radius 3 is 2.12 bits per heavy atom. The molecule has 0 aliphatic heterocycles. The zero-order valence-corrected chi connectivity index (χ0v) is 34.2. The van der Waals surface area contributed by atoms with Crippen molar-refractivity contribution in [3.63, 3.8) is 0 Å². The van der Waals surface area contributed by atoms with Gasteiger partial charge in [-0.25, -0.2) is 0 Å². The molecule has 4 aliphatic carbocycles. The smallest absolute Gasteiger partial charge is 0.306 e. The van der Waals surface area contributed by atoms with Gasteiger partial charge in [-0.2, -0.15) is 0 Å². The summed E-state index contributed by atoms with van der Waals surface area (Å²) in [4.78, 5) is 12.8. The van der Waals surface area contributed by atoms with Gasteiger partial charge in [0.2, 0.25) is 0 Å². The van der Waals surface area contributed by atoms with Gasteiger partial charge in [-0.1, -0.05) is 134 Å². The Balaban J connectivity index is 1.15. The Morgan fingerprint density at radius 1 is 0.804 bits per heavy atom. The number of fused-ring (bicyclic) bond motifs is 5. The maximum atomic E-state index is 12.8. The van der Waals surface area contributed by atoms with Crippen molar-refractivity contribution < 1.29 is 9.53 Å². The Kier molecular flexibility index (Phi) is 17.1. The van der Waals surface area contributed by atoms with E-state index in [4.69, 9.17) is 4.74 Å². The summed E-state index contributed by atoms with van der Waals surface area (Å²) in [6.45, 7) is 17.1. The van der Waals surface area contributed by atoms with Crippen LogP contribution in [0.5, 0.6) is 0 Å². The molecule has 0 saturated heterocycles. The highest BCUT2D eigenvalue weighted by molar-refractivity contribution is 5.69. The van der Waals surface area contributed by atoms with Gasteiger partial charge in [-0.3, -0.25) is 4.79 Å². The second-order valence-electron chi connectivity index (χ2n) is 17.9. The SMILES string of the molecule is CCCCCC=CCC=CCC=CCC=CCCCC(=O)OC1CC[C@@]2(C)C(=CC[C@H]3[C@@H]4CC[C@H]([C@H](C)C=C[C@@H](CC)C(C)C)[C@@]4(C)CC[C@@H]32)C1. The van der Waals surface area contributed by atoms with Crippen LogP contribution in [0.4, 0.5) is 0 Å².